The quantitative estimate of drug-likeness (QED) is 0.834. The normalized spacial score (nSPS) is 13.7. The zero-order chi connectivity index (χ0) is 14.0. The maximum atomic E-state index is 11.9. The van der Waals surface area contributed by atoms with E-state index in [-0.39, 0.29) is 16.9 Å². The van der Waals surface area contributed by atoms with Crippen LogP contribution in [0.4, 0.5) is 0 Å². The van der Waals surface area contributed by atoms with Crippen molar-refractivity contribution in [3.63, 3.8) is 0 Å². The van der Waals surface area contributed by atoms with Crippen molar-refractivity contribution in [3.05, 3.63) is 40.3 Å². The third kappa shape index (κ3) is 3.34. The van der Waals surface area contributed by atoms with Crippen molar-refractivity contribution in [2.24, 2.45) is 0 Å². The molecule has 0 spiro atoms. The number of hydrogen-bond acceptors (Lipinski definition) is 4. The summed E-state index contributed by atoms with van der Waals surface area (Å²) in [5.74, 6) is 0. The minimum atomic E-state index is -1.20. The van der Waals surface area contributed by atoms with Gasteiger partial charge in [-0.2, -0.15) is 0 Å². The fourth-order valence-corrected chi connectivity index (χ4v) is 2.28. The molecule has 0 radical (unpaired) electrons. The molecule has 0 saturated heterocycles. The molecule has 0 fully saturated rings. The highest BCUT2D eigenvalue weighted by Gasteiger charge is 2.26. The number of pyridine rings is 2. The molecule has 0 bridgehead atoms. The fraction of sp³-hybridized carbons (Fsp3) is 0.385. The minimum absolute atomic E-state index is 0.182. The second-order valence-electron chi connectivity index (χ2n) is 5.26. The monoisotopic (exact) mass is 279 g/mol. The van der Waals surface area contributed by atoms with Gasteiger partial charge >= 0.3 is 0 Å². The van der Waals surface area contributed by atoms with Gasteiger partial charge in [0.25, 0.3) is 5.56 Å². The van der Waals surface area contributed by atoms with Crippen LogP contribution in [0.2, 0.25) is 0 Å². The summed E-state index contributed by atoms with van der Waals surface area (Å²) in [6, 6.07) is 5.29. The fourth-order valence-electron chi connectivity index (χ4n) is 1.56. The third-order valence-corrected chi connectivity index (χ3v) is 4.16. The highest BCUT2D eigenvalue weighted by molar-refractivity contribution is 7.90. The summed E-state index contributed by atoms with van der Waals surface area (Å²) in [6.07, 6.45) is 1.67. The van der Waals surface area contributed by atoms with Crippen molar-refractivity contribution in [2.45, 2.75) is 32.1 Å². The summed E-state index contributed by atoms with van der Waals surface area (Å²) in [5.41, 5.74) is 1.77. The molecular weight excluding hydrogens is 262 g/mol. The highest BCUT2D eigenvalue weighted by Crippen LogP contribution is 2.14. The lowest BCUT2D eigenvalue weighted by Crippen LogP contribution is -2.39. The average Bonchev–Trinajstić information content (AvgIpc) is 2.34. The number of H-pyrrole nitrogens is 1. The Bertz CT molecular complexity index is 634. The Labute approximate surface area is 114 Å². The molecule has 2 aromatic rings. The summed E-state index contributed by atoms with van der Waals surface area (Å²) in [6.45, 7) is 5.89. The van der Waals surface area contributed by atoms with E-state index in [0.717, 1.165) is 5.52 Å². The number of rotatable bonds is 3. The van der Waals surface area contributed by atoms with Crippen LogP contribution in [-0.4, -0.2) is 19.3 Å². The molecule has 0 aliphatic carbocycles. The Kier molecular flexibility index (Phi) is 3.93. The lowest BCUT2D eigenvalue weighted by Gasteiger charge is -2.23. The molecule has 5 nitrogen and oxygen atoms in total. The molecule has 1 atom stereocenters. The Morgan fingerprint density at radius 1 is 1.47 bits per heavy atom. The van der Waals surface area contributed by atoms with E-state index in [4.69, 9.17) is 0 Å². The molecule has 19 heavy (non-hydrogen) atoms. The van der Waals surface area contributed by atoms with Crippen molar-refractivity contribution in [3.8, 4) is 0 Å². The van der Waals surface area contributed by atoms with Gasteiger partial charge in [0.2, 0.25) is 0 Å². The second-order valence-corrected chi connectivity index (χ2v) is 7.31. The predicted molar refractivity (Wildman–Crippen MR) is 77.1 cm³/mol. The van der Waals surface area contributed by atoms with Crippen LogP contribution >= 0.6 is 0 Å². The Hall–Kier alpha value is -1.37. The van der Waals surface area contributed by atoms with Gasteiger partial charge < -0.3 is 9.54 Å². The maximum absolute atomic E-state index is 11.9. The van der Waals surface area contributed by atoms with Gasteiger partial charge in [0, 0.05) is 23.1 Å². The van der Waals surface area contributed by atoms with Crippen LogP contribution in [0.1, 0.15) is 26.3 Å². The van der Waals surface area contributed by atoms with Crippen LogP contribution in [0, 0.1) is 0 Å². The van der Waals surface area contributed by atoms with Gasteiger partial charge in [-0.15, -0.1) is 4.72 Å². The number of aromatic nitrogens is 2. The molecule has 2 N–H and O–H groups in total. The Morgan fingerprint density at radius 2 is 2.21 bits per heavy atom. The number of aromatic amines is 1. The van der Waals surface area contributed by atoms with Gasteiger partial charge in [-0.1, -0.05) is 0 Å². The van der Waals surface area contributed by atoms with E-state index in [1.54, 1.807) is 24.4 Å². The molecule has 0 aliphatic heterocycles. The Morgan fingerprint density at radius 3 is 2.89 bits per heavy atom. The SMILES string of the molecule is CC(C)(C)[S+]([O-])NCc1cc2ncccc2[nH]c1=O. The van der Waals surface area contributed by atoms with E-state index < -0.39 is 11.4 Å². The van der Waals surface area contributed by atoms with Gasteiger partial charge in [0.15, 0.2) is 0 Å². The van der Waals surface area contributed by atoms with Crippen LogP contribution in [-0.2, 0) is 17.9 Å². The van der Waals surface area contributed by atoms with E-state index in [1.807, 2.05) is 20.8 Å². The summed E-state index contributed by atoms with van der Waals surface area (Å²) in [5, 5.41) is 0. The molecule has 6 heteroatoms. The second kappa shape index (κ2) is 5.32. The van der Waals surface area contributed by atoms with E-state index in [9.17, 15) is 9.35 Å². The van der Waals surface area contributed by atoms with Crippen LogP contribution in [0.3, 0.4) is 0 Å². The van der Waals surface area contributed by atoms with Crippen molar-refractivity contribution in [1.29, 1.82) is 0 Å². The average molecular weight is 279 g/mol. The number of fused-ring (bicyclic) bond motifs is 1. The number of nitrogens with one attached hydrogen (secondary N) is 2. The summed E-state index contributed by atoms with van der Waals surface area (Å²) < 4.78 is 14.4. The summed E-state index contributed by atoms with van der Waals surface area (Å²) >= 11 is -1.20. The predicted octanol–water partition coefficient (Wildman–Crippen LogP) is 1.47. The largest absolute Gasteiger partial charge is 0.598 e. The lowest BCUT2D eigenvalue weighted by atomic mass is 10.2. The first-order valence-electron chi connectivity index (χ1n) is 6.00. The summed E-state index contributed by atoms with van der Waals surface area (Å²) in [7, 11) is 0. The van der Waals surface area contributed by atoms with Gasteiger partial charge in [-0.25, -0.2) is 0 Å². The molecule has 2 heterocycles. The molecular formula is C13H17N3O2S. The molecule has 0 amide bonds. The van der Waals surface area contributed by atoms with Gasteiger partial charge in [0.05, 0.1) is 17.6 Å². The first-order valence-corrected chi connectivity index (χ1v) is 7.15. The van der Waals surface area contributed by atoms with Crippen LogP contribution in [0.25, 0.3) is 11.0 Å². The molecule has 1 unspecified atom stereocenters. The number of hydrogen-bond donors (Lipinski definition) is 2. The zero-order valence-corrected chi connectivity index (χ0v) is 12.0. The van der Waals surface area contributed by atoms with Crippen molar-refractivity contribution in [1.82, 2.24) is 14.7 Å². The van der Waals surface area contributed by atoms with Crippen molar-refractivity contribution >= 4 is 22.4 Å². The summed E-state index contributed by atoms with van der Waals surface area (Å²) in [4.78, 5) is 18.8. The maximum Gasteiger partial charge on any atom is 0.253 e. The van der Waals surface area contributed by atoms with E-state index in [0.29, 0.717) is 11.1 Å². The highest BCUT2D eigenvalue weighted by atomic mass is 32.2. The Balaban J connectivity index is 2.22. The number of nitrogens with zero attached hydrogens (tertiary/aromatic N) is 1. The lowest BCUT2D eigenvalue weighted by molar-refractivity contribution is 0.544. The smallest absolute Gasteiger partial charge is 0.253 e. The van der Waals surface area contributed by atoms with Crippen LogP contribution in [0.5, 0.6) is 0 Å². The molecule has 102 valence electrons. The van der Waals surface area contributed by atoms with Gasteiger partial charge in [-0.05, 0) is 39.0 Å². The van der Waals surface area contributed by atoms with Gasteiger partial charge in [-0.3, -0.25) is 9.78 Å². The standard InChI is InChI=1S/C13H17N3O2S/c1-13(2,3)19(18)15-8-9-7-11-10(16-12(9)17)5-4-6-14-11/h4-7,15H,8H2,1-3H3,(H,16,17). The molecule has 2 aromatic heterocycles. The molecule has 0 aromatic carbocycles. The third-order valence-electron chi connectivity index (χ3n) is 2.64. The van der Waals surface area contributed by atoms with Crippen molar-refractivity contribution in [2.75, 3.05) is 0 Å². The first-order chi connectivity index (χ1) is 8.88. The molecule has 0 aliphatic rings. The van der Waals surface area contributed by atoms with E-state index in [1.165, 1.54) is 0 Å². The zero-order valence-electron chi connectivity index (χ0n) is 11.2. The molecule has 0 saturated carbocycles. The van der Waals surface area contributed by atoms with Crippen LogP contribution < -0.4 is 10.3 Å². The topological polar surface area (TPSA) is 80.8 Å². The minimum Gasteiger partial charge on any atom is -0.598 e. The van der Waals surface area contributed by atoms with Gasteiger partial charge in [0.1, 0.15) is 4.75 Å². The molecule has 2 rings (SSSR count). The van der Waals surface area contributed by atoms with E-state index in [2.05, 4.69) is 14.7 Å². The first kappa shape index (κ1) is 14.0. The van der Waals surface area contributed by atoms with Crippen molar-refractivity contribution < 1.29 is 4.55 Å². The van der Waals surface area contributed by atoms with Crippen LogP contribution in [0.15, 0.2) is 29.2 Å². The van der Waals surface area contributed by atoms with E-state index >= 15 is 0 Å².